The number of anilines is 1. The number of hydrogen-bond acceptors (Lipinski definition) is 3. The molecular formula is C16H22N4O2S. The average Bonchev–Trinajstić information content (AvgIpc) is 3.01. The van der Waals surface area contributed by atoms with Crippen LogP contribution in [-0.2, 0) is 23.1 Å². The lowest BCUT2D eigenvalue weighted by Crippen LogP contribution is -2.30. The van der Waals surface area contributed by atoms with Crippen molar-refractivity contribution in [1.82, 2.24) is 15.1 Å². The molecule has 0 unspecified atom stereocenters. The molecule has 1 aromatic carbocycles. The summed E-state index contributed by atoms with van der Waals surface area (Å²) >= 11 is 0. The predicted octanol–water partition coefficient (Wildman–Crippen LogP) is 2.28. The number of nitrogens with zero attached hydrogens (tertiary/aromatic N) is 2. The van der Waals surface area contributed by atoms with Crippen molar-refractivity contribution in [3.63, 3.8) is 0 Å². The van der Waals surface area contributed by atoms with Crippen molar-refractivity contribution >= 4 is 22.5 Å². The summed E-state index contributed by atoms with van der Waals surface area (Å²) in [7, 11) is -0.905. The van der Waals surface area contributed by atoms with E-state index in [9.17, 15) is 9.00 Å². The van der Waals surface area contributed by atoms with Crippen LogP contribution in [0.5, 0.6) is 0 Å². The van der Waals surface area contributed by atoms with E-state index in [4.69, 9.17) is 0 Å². The van der Waals surface area contributed by atoms with Crippen LogP contribution in [0, 0.1) is 6.92 Å². The zero-order valence-corrected chi connectivity index (χ0v) is 14.2. The van der Waals surface area contributed by atoms with E-state index in [1.807, 2.05) is 42.1 Å². The van der Waals surface area contributed by atoms with Crippen LogP contribution in [0.25, 0.3) is 0 Å². The third-order valence-corrected chi connectivity index (χ3v) is 4.18. The summed E-state index contributed by atoms with van der Waals surface area (Å²) in [5.74, 6) is 0.493. The number of hydrogen-bond donors (Lipinski definition) is 2. The Morgan fingerprint density at radius 2 is 2.17 bits per heavy atom. The molecule has 124 valence electrons. The minimum absolute atomic E-state index is 0.233. The standard InChI is InChI=1S/C16H22N4O2S/c1-13-14(12-23(2)22)6-3-7-15(13)19-16(21)17-8-4-10-20-11-5-9-18-20/h3,5-7,9,11H,4,8,10,12H2,1-2H3,(H2,17,19,21)/t23-/m0/s1. The Morgan fingerprint density at radius 3 is 2.87 bits per heavy atom. The van der Waals surface area contributed by atoms with Gasteiger partial charge in [0.15, 0.2) is 0 Å². The van der Waals surface area contributed by atoms with Crippen molar-refractivity contribution in [2.24, 2.45) is 0 Å². The highest BCUT2D eigenvalue weighted by Gasteiger charge is 2.08. The summed E-state index contributed by atoms with van der Waals surface area (Å²) in [6, 6.07) is 7.29. The van der Waals surface area contributed by atoms with Gasteiger partial charge in [0.05, 0.1) is 0 Å². The van der Waals surface area contributed by atoms with E-state index in [0.717, 1.165) is 29.8 Å². The SMILES string of the molecule is Cc1c(C[S@](C)=O)cccc1NC(=O)NCCCn1cccn1. The van der Waals surface area contributed by atoms with Crippen molar-refractivity contribution in [2.75, 3.05) is 18.1 Å². The Balaban J connectivity index is 1.81. The van der Waals surface area contributed by atoms with E-state index in [1.165, 1.54) is 0 Å². The number of nitrogens with one attached hydrogen (secondary N) is 2. The zero-order valence-electron chi connectivity index (χ0n) is 13.4. The van der Waals surface area contributed by atoms with Crippen molar-refractivity contribution < 1.29 is 9.00 Å². The number of aromatic nitrogens is 2. The van der Waals surface area contributed by atoms with E-state index in [2.05, 4.69) is 15.7 Å². The largest absolute Gasteiger partial charge is 0.338 e. The first kappa shape index (κ1) is 17.2. The molecule has 0 saturated carbocycles. The molecule has 23 heavy (non-hydrogen) atoms. The molecule has 7 heteroatoms. The Hall–Kier alpha value is -2.15. The predicted molar refractivity (Wildman–Crippen MR) is 92.8 cm³/mol. The summed E-state index contributed by atoms with van der Waals surface area (Å²) in [5.41, 5.74) is 2.69. The lowest BCUT2D eigenvalue weighted by atomic mass is 10.1. The molecule has 0 aliphatic rings. The summed E-state index contributed by atoms with van der Waals surface area (Å²) in [6.07, 6.45) is 6.11. The van der Waals surface area contributed by atoms with Crippen LogP contribution < -0.4 is 10.6 Å². The maximum absolute atomic E-state index is 12.0. The molecule has 0 bridgehead atoms. The van der Waals surface area contributed by atoms with Gasteiger partial charge in [-0.15, -0.1) is 0 Å². The van der Waals surface area contributed by atoms with Crippen molar-refractivity contribution in [3.05, 3.63) is 47.8 Å². The molecule has 0 fully saturated rings. The van der Waals surface area contributed by atoms with Gasteiger partial charge in [-0.3, -0.25) is 8.89 Å². The second kappa shape index (κ2) is 8.47. The number of urea groups is 1. The van der Waals surface area contributed by atoms with Gasteiger partial charge in [0.25, 0.3) is 0 Å². The monoisotopic (exact) mass is 334 g/mol. The third kappa shape index (κ3) is 5.52. The molecule has 1 atom stereocenters. The fourth-order valence-electron chi connectivity index (χ4n) is 2.24. The van der Waals surface area contributed by atoms with Gasteiger partial charge in [-0.2, -0.15) is 5.10 Å². The molecule has 0 radical (unpaired) electrons. The highest BCUT2D eigenvalue weighted by Crippen LogP contribution is 2.19. The molecule has 2 N–H and O–H groups in total. The highest BCUT2D eigenvalue weighted by atomic mass is 32.2. The second-order valence-corrected chi connectivity index (χ2v) is 6.75. The van der Waals surface area contributed by atoms with E-state index in [0.29, 0.717) is 12.3 Å². The minimum atomic E-state index is -0.905. The van der Waals surface area contributed by atoms with Gasteiger partial charge in [0.2, 0.25) is 0 Å². The van der Waals surface area contributed by atoms with Crippen molar-refractivity contribution in [2.45, 2.75) is 25.6 Å². The Labute approximate surface area is 138 Å². The van der Waals surface area contributed by atoms with Crippen molar-refractivity contribution in [3.8, 4) is 0 Å². The Kier molecular flexibility index (Phi) is 6.34. The number of carbonyl (C=O) groups excluding carboxylic acids is 1. The lowest BCUT2D eigenvalue weighted by Gasteiger charge is -2.12. The summed E-state index contributed by atoms with van der Waals surface area (Å²) in [6.45, 7) is 3.27. The first-order valence-electron chi connectivity index (χ1n) is 7.47. The van der Waals surface area contributed by atoms with E-state index in [-0.39, 0.29) is 6.03 Å². The molecule has 0 aliphatic carbocycles. The molecule has 6 nitrogen and oxygen atoms in total. The fraction of sp³-hybridized carbons (Fsp3) is 0.375. The fourth-order valence-corrected chi connectivity index (χ4v) is 2.99. The van der Waals surface area contributed by atoms with Crippen LogP contribution in [0.4, 0.5) is 10.5 Å². The first-order chi connectivity index (χ1) is 11.1. The zero-order chi connectivity index (χ0) is 16.7. The smallest absolute Gasteiger partial charge is 0.319 e. The maximum Gasteiger partial charge on any atom is 0.319 e. The number of rotatable bonds is 7. The topological polar surface area (TPSA) is 76.0 Å². The molecule has 0 spiro atoms. The van der Waals surface area contributed by atoms with Crippen LogP contribution in [0.3, 0.4) is 0 Å². The van der Waals surface area contributed by atoms with Crippen molar-refractivity contribution in [1.29, 1.82) is 0 Å². The molecule has 1 heterocycles. The summed E-state index contributed by atoms with van der Waals surface area (Å²) in [5, 5.41) is 9.78. The number of amides is 2. The van der Waals surface area contributed by atoms with Crippen LogP contribution in [-0.4, -0.2) is 32.8 Å². The van der Waals surface area contributed by atoms with E-state index in [1.54, 1.807) is 12.5 Å². The normalized spacial score (nSPS) is 11.9. The van der Waals surface area contributed by atoms with Gasteiger partial charge in [0, 0.05) is 54.0 Å². The molecule has 1 aromatic heterocycles. The summed E-state index contributed by atoms with van der Waals surface area (Å²) in [4.78, 5) is 12.0. The first-order valence-corrected chi connectivity index (χ1v) is 9.20. The van der Waals surface area contributed by atoms with Crippen LogP contribution in [0.1, 0.15) is 17.5 Å². The Morgan fingerprint density at radius 1 is 1.35 bits per heavy atom. The molecule has 2 rings (SSSR count). The van der Waals surface area contributed by atoms with Gasteiger partial charge in [-0.25, -0.2) is 4.79 Å². The quantitative estimate of drug-likeness (QED) is 0.763. The third-order valence-electron chi connectivity index (χ3n) is 3.46. The van der Waals surface area contributed by atoms with Crippen LogP contribution in [0.2, 0.25) is 0 Å². The summed E-state index contributed by atoms with van der Waals surface area (Å²) < 4.78 is 13.2. The lowest BCUT2D eigenvalue weighted by molar-refractivity contribution is 0.251. The number of benzene rings is 1. The minimum Gasteiger partial charge on any atom is -0.338 e. The number of carbonyl (C=O) groups is 1. The average molecular weight is 334 g/mol. The second-order valence-electron chi connectivity index (χ2n) is 5.31. The van der Waals surface area contributed by atoms with Crippen LogP contribution >= 0.6 is 0 Å². The van der Waals surface area contributed by atoms with Crippen LogP contribution in [0.15, 0.2) is 36.7 Å². The molecule has 2 aromatic rings. The van der Waals surface area contributed by atoms with Gasteiger partial charge in [-0.05, 0) is 36.6 Å². The number of aryl methyl sites for hydroxylation is 1. The van der Waals surface area contributed by atoms with Gasteiger partial charge < -0.3 is 10.6 Å². The highest BCUT2D eigenvalue weighted by molar-refractivity contribution is 7.83. The Bertz CT molecular complexity index is 671. The van der Waals surface area contributed by atoms with E-state index < -0.39 is 10.8 Å². The van der Waals surface area contributed by atoms with Gasteiger partial charge in [-0.1, -0.05) is 12.1 Å². The molecule has 2 amide bonds. The van der Waals surface area contributed by atoms with E-state index >= 15 is 0 Å². The molecule has 0 aliphatic heterocycles. The van der Waals surface area contributed by atoms with Gasteiger partial charge >= 0.3 is 6.03 Å². The maximum atomic E-state index is 12.0. The molecular weight excluding hydrogens is 312 g/mol. The van der Waals surface area contributed by atoms with Gasteiger partial charge in [0.1, 0.15) is 0 Å². The molecule has 0 saturated heterocycles.